The Kier molecular flexibility index (Phi) is 8.88. The van der Waals surface area contributed by atoms with Crippen LogP contribution in [0, 0.1) is 5.92 Å². The highest BCUT2D eigenvalue weighted by molar-refractivity contribution is 7.50. The Bertz CT molecular complexity index is 605. The smallest absolute Gasteiger partial charge is 0.251 e. The number of rotatable bonds is 8. The second kappa shape index (κ2) is 10.7. The highest BCUT2D eigenvalue weighted by Crippen LogP contribution is 2.30. The summed E-state index contributed by atoms with van der Waals surface area (Å²) < 4.78 is 0. The van der Waals surface area contributed by atoms with Crippen LogP contribution in [0.25, 0.3) is 0 Å². The van der Waals surface area contributed by atoms with Gasteiger partial charge < -0.3 is 15.1 Å². The molecule has 1 atom stereocenters. The van der Waals surface area contributed by atoms with Crippen LogP contribution in [0.5, 0.6) is 0 Å². The molecule has 0 saturated carbocycles. The Morgan fingerprint density at radius 1 is 1.21 bits per heavy atom. The molecule has 28 heavy (non-hydrogen) atoms. The summed E-state index contributed by atoms with van der Waals surface area (Å²) in [6.45, 7) is 15.3. The fraction of sp³-hybridized carbons (Fsp3) is 0.682. The van der Waals surface area contributed by atoms with Gasteiger partial charge in [0.25, 0.3) is 5.91 Å². The second-order valence-electron chi connectivity index (χ2n) is 9.17. The van der Waals surface area contributed by atoms with Crippen molar-refractivity contribution in [3.8, 4) is 0 Å². The number of likely N-dealkylation sites (tertiary alicyclic amines) is 1. The van der Waals surface area contributed by atoms with E-state index in [2.05, 4.69) is 48.2 Å². The number of nitrogens with zero attached hydrogens (tertiary/aromatic N) is 1. The van der Waals surface area contributed by atoms with E-state index in [1.165, 1.54) is 5.56 Å². The van der Waals surface area contributed by atoms with E-state index in [1.807, 2.05) is 26.0 Å². The fourth-order valence-corrected chi connectivity index (χ4v) is 4.07. The maximum absolute atomic E-state index is 12.4. The van der Waals surface area contributed by atoms with Gasteiger partial charge in [-0.1, -0.05) is 46.8 Å². The molecule has 158 valence electrons. The summed E-state index contributed by atoms with van der Waals surface area (Å²) in [5, 5.41) is 6.35. The Morgan fingerprint density at radius 2 is 1.82 bits per heavy atom. The summed E-state index contributed by atoms with van der Waals surface area (Å²) in [6, 6.07) is 7.97. The van der Waals surface area contributed by atoms with Crippen LogP contribution in [0.4, 0.5) is 0 Å². The SMILES string of the molecule is CC(C)P(O)NCCN1CCC(CNC(=O)c2ccc(C(C)(C)C)cc2)CC1. The summed E-state index contributed by atoms with van der Waals surface area (Å²) in [5.74, 6) is 0.574. The summed E-state index contributed by atoms with van der Waals surface area (Å²) in [7, 11) is -1.04. The molecule has 0 radical (unpaired) electrons. The molecule has 0 spiro atoms. The third kappa shape index (κ3) is 7.44. The van der Waals surface area contributed by atoms with Gasteiger partial charge in [0.15, 0.2) is 0 Å². The minimum absolute atomic E-state index is 0.0251. The first-order chi connectivity index (χ1) is 13.2. The first-order valence-electron chi connectivity index (χ1n) is 10.5. The zero-order valence-electron chi connectivity index (χ0n) is 18.2. The molecule has 0 bridgehead atoms. The van der Waals surface area contributed by atoms with Gasteiger partial charge in [0.05, 0.1) is 0 Å². The molecule has 1 aliphatic heterocycles. The second-order valence-corrected chi connectivity index (χ2v) is 11.2. The summed E-state index contributed by atoms with van der Waals surface area (Å²) >= 11 is 0. The molecule has 1 heterocycles. The third-order valence-electron chi connectivity index (χ3n) is 5.46. The Balaban J connectivity index is 1.67. The zero-order chi connectivity index (χ0) is 20.7. The molecule has 6 heteroatoms. The van der Waals surface area contributed by atoms with Crippen LogP contribution in [0.15, 0.2) is 24.3 Å². The number of hydrogen-bond donors (Lipinski definition) is 3. The van der Waals surface area contributed by atoms with Gasteiger partial charge in [-0.15, -0.1) is 0 Å². The molecule has 1 saturated heterocycles. The van der Waals surface area contributed by atoms with Gasteiger partial charge in [0, 0.05) is 30.9 Å². The number of carbonyl (C=O) groups excluding carboxylic acids is 1. The maximum Gasteiger partial charge on any atom is 0.251 e. The van der Waals surface area contributed by atoms with Crippen molar-refractivity contribution in [3.05, 3.63) is 35.4 Å². The van der Waals surface area contributed by atoms with Crippen LogP contribution in [0.3, 0.4) is 0 Å². The monoisotopic (exact) mass is 407 g/mol. The number of carbonyl (C=O) groups is 1. The highest BCUT2D eigenvalue weighted by Gasteiger charge is 2.20. The van der Waals surface area contributed by atoms with E-state index in [0.717, 1.165) is 51.1 Å². The van der Waals surface area contributed by atoms with E-state index >= 15 is 0 Å². The molecule has 1 aromatic rings. The van der Waals surface area contributed by atoms with Crippen molar-refractivity contribution in [2.75, 3.05) is 32.7 Å². The van der Waals surface area contributed by atoms with Crippen LogP contribution in [0.1, 0.15) is 63.4 Å². The van der Waals surface area contributed by atoms with Crippen molar-refractivity contribution >= 4 is 14.2 Å². The molecule has 1 aromatic carbocycles. The molecule has 2 rings (SSSR count). The molecule has 5 nitrogen and oxygen atoms in total. The maximum atomic E-state index is 12.4. The molecule has 0 aliphatic carbocycles. The number of piperidine rings is 1. The van der Waals surface area contributed by atoms with E-state index in [9.17, 15) is 9.69 Å². The van der Waals surface area contributed by atoms with E-state index in [4.69, 9.17) is 0 Å². The van der Waals surface area contributed by atoms with Gasteiger partial charge in [0.2, 0.25) is 0 Å². The standard InChI is InChI=1S/C22H38N3O2P/c1-17(2)28(27)24-12-15-25-13-10-18(11-14-25)16-23-21(26)19-6-8-20(9-7-19)22(3,4)5/h6-9,17-18,24,27H,10-16H2,1-5H3,(H,23,26). The van der Waals surface area contributed by atoms with Gasteiger partial charge in [0.1, 0.15) is 8.30 Å². The van der Waals surface area contributed by atoms with Crippen molar-refractivity contribution in [1.82, 2.24) is 15.3 Å². The van der Waals surface area contributed by atoms with Crippen LogP contribution in [0.2, 0.25) is 0 Å². The van der Waals surface area contributed by atoms with Crippen molar-refractivity contribution in [3.63, 3.8) is 0 Å². The Labute approximate surface area is 172 Å². The summed E-state index contributed by atoms with van der Waals surface area (Å²) in [4.78, 5) is 24.7. The molecule has 1 aliphatic rings. The number of nitrogens with one attached hydrogen (secondary N) is 2. The topological polar surface area (TPSA) is 64.6 Å². The van der Waals surface area contributed by atoms with Crippen LogP contribution in [-0.2, 0) is 5.41 Å². The van der Waals surface area contributed by atoms with E-state index in [1.54, 1.807) is 0 Å². The molecular formula is C22H38N3O2P. The van der Waals surface area contributed by atoms with Crippen molar-refractivity contribution in [2.24, 2.45) is 5.92 Å². The van der Waals surface area contributed by atoms with Gasteiger partial charge in [-0.2, -0.15) is 0 Å². The lowest BCUT2D eigenvalue weighted by Gasteiger charge is -2.32. The first-order valence-corrected chi connectivity index (χ1v) is 11.9. The molecule has 1 amide bonds. The normalized spacial score (nSPS) is 17.7. The number of amides is 1. The van der Waals surface area contributed by atoms with Crippen LogP contribution >= 0.6 is 8.30 Å². The lowest BCUT2D eigenvalue weighted by Crippen LogP contribution is -2.40. The van der Waals surface area contributed by atoms with Gasteiger partial charge in [-0.3, -0.25) is 9.88 Å². The number of benzene rings is 1. The van der Waals surface area contributed by atoms with Crippen molar-refractivity contribution in [2.45, 2.75) is 58.5 Å². The predicted octanol–water partition coefficient (Wildman–Crippen LogP) is 3.73. The first kappa shape index (κ1) is 23.3. The van der Waals surface area contributed by atoms with Gasteiger partial charge in [-0.05, 0) is 55.0 Å². The minimum atomic E-state index is -1.04. The summed E-state index contributed by atoms with van der Waals surface area (Å²) in [5.41, 5.74) is 2.39. The average Bonchev–Trinajstić information content (AvgIpc) is 2.66. The highest BCUT2D eigenvalue weighted by atomic mass is 31.2. The van der Waals surface area contributed by atoms with Crippen LogP contribution < -0.4 is 10.4 Å². The molecular weight excluding hydrogens is 369 g/mol. The lowest BCUT2D eigenvalue weighted by atomic mass is 9.86. The Hall–Kier alpha value is -1.00. The molecule has 3 N–H and O–H groups in total. The minimum Gasteiger partial charge on any atom is -0.359 e. The quantitative estimate of drug-likeness (QED) is 0.575. The molecule has 0 aromatic heterocycles. The summed E-state index contributed by atoms with van der Waals surface area (Å²) in [6.07, 6.45) is 2.22. The number of hydrogen-bond acceptors (Lipinski definition) is 4. The van der Waals surface area contributed by atoms with Gasteiger partial charge in [-0.25, -0.2) is 0 Å². The van der Waals surface area contributed by atoms with E-state index < -0.39 is 8.30 Å². The van der Waals surface area contributed by atoms with E-state index in [0.29, 0.717) is 11.6 Å². The lowest BCUT2D eigenvalue weighted by molar-refractivity contribution is 0.0936. The average molecular weight is 408 g/mol. The molecule has 1 fully saturated rings. The fourth-order valence-electron chi connectivity index (χ4n) is 3.38. The molecule has 1 unspecified atom stereocenters. The van der Waals surface area contributed by atoms with Crippen molar-refractivity contribution < 1.29 is 9.69 Å². The third-order valence-corrected chi connectivity index (χ3v) is 6.99. The zero-order valence-corrected chi connectivity index (χ0v) is 19.1. The van der Waals surface area contributed by atoms with Crippen LogP contribution in [-0.4, -0.2) is 54.1 Å². The largest absolute Gasteiger partial charge is 0.359 e. The van der Waals surface area contributed by atoms with Gasteiger partial charge >= 0.3 is 0 Å². The predicted molar refractivity (Wildman–Crippen MR) is 119 cm³/mol. The Morgan fingerprint density at radius 3 is 2.36 bits per heavy atom. The van der Waals surface area contributed by atoms with E-state index in [-0.39, 0.29) is 11.3 Å². The van der Waals surface area contributed by atoms with Crippen molar-refractivity contribution in [1.29, 1.82) is 0 Å².